The van der Waals surface area contributed by atoms with E-state index in [1.54, 1.807) is 24.4 Å². The highest BCUT2D eigenvalue weighted by Crippen LogP contribution is 2.33. The summed E-state index contributed by atoms with van der Waals surface area (Å²) in [5.74, 6) is 0.882. The third-order valence-corrected chi connectivity index (χ3v) is 4.30. The van der Waals surface area contributed by atoms with Crippen molar-refractivity contribution in [3.63, 3.8) is 0 Å². The van der Waals surface area contributed by atoms with E-state index in [0.29, 0.717) is 5.65 Å². The minimum absolute atomic E-state index is 0.0868. The van der Waals surface area contributed by atoms with Gasteiger partial charge in [-0.05, 0) is 30.9 Å². The van der Waals surface area contributed by atoms with Gasteiger partial charge in [0.05, 0.1) is 12.2 Å². The molecule has 0 spiro atoms. The number of anilines is 1. The predicted molar refractivity (Wildman–Crippen MR) is 94.8 cm³/mol. The van der Waals surface area contributed by atoms with Crippen molar-refractivity contribution < 1.29 is 9.34 Å². The van der Waals surface area contributed by atoms with Gasteiger partial charge in [-0.3, -0.25) is 0 Å². The molecule has 4 aromatic rings. The van der Waals surface area contributed by atoms with Gasteiger partial charge in [-0.25, -0.2) is 0 Å². The molecular formula is C18H16N4O3. The number of hydrogen-bond donors (Lipinski definition) is 1. The molecule has 0 fully saturated rings. The van der Waals surface area contributed by atoms with E-state index >= 15 is 0 Å². The van der Waals surface area contributed by atoms with Crippen molar-refractivity contribution >= 4 is 28.3 Å². The van der Waals surface area contributed by atoms with Crippen molar-refractivity contribution in [2.24, 2.45) is 0 Å². The largest absolute Gasteiger partial charge is 0.459 e. The van der Waals surface area contributed by atoms with Crippen molar-refractivity contribution in [3.8, 4) is 0 Å². The molecule has 0 saturated heterocycles. The molecule has 0 aliphatic rings. The van der Waals surface area contributed by atoms with Gasteiger partial charge in [-0.1, -0.05) is 24.3 Å². The number of furan rings is 1. The van der Waals surface area contributed by atoms with Crippen molar-refractivity contribution in [2.45, 2.75) is 19.9 Å². The Kier molecular flexibility index (Phi) is 3.42. The first-order valence-corrected chi connectivity index (χ1v) is 7.92. The van der Waals surface area contributed by atoms with Crippen LogP contribution in [0.5, 0.6) is 0 Å². The van der Waals surface area contributed by atoms with Crippen LogP contribution < -0.4 is 5.32 Å². The highest BCUT2D eigenvalue weighted by Gasteiger charge is 2.25. The highest BCUT2D eigenvalue weighted by molar-refractivity contribution is 5.82. The maximum atomic E-state index is 11.5. The number of aromatic nitrogens is 2. The molecule has 0 unspecified atom stereocenters. The minimum atomic E-state index is -0.430. The minimum Gasteiger partial charge on any atom is -0.459 e. The number of nitrogens with one attached hydrogen (secondary N) is 1. The molecule has 0 radical (unpaired) electrons. The molecule has 7 heteroatoms. The zero-order valence-electron chi connectivity index (χ0n) is 13.8. The van der Waals surface area contributed by atoms with E-state index in [-0.39, 0.29) is 17.7 Å². The standard InChI is InChI=1S/C18H16N4O3/c1-11-13-7-3-4-8-14(13)25-16(11)12(2)19-17-18(22(23)24)21-10-6-5-9-15(21)20-17/h3-10,12,19H,1-2H3/t12-/m0/s1. The number of para-hydroxylation sites is 1. The summed E-state index contributed by atoms with van der Waals surface area (Å²) in [6.07, 6.45) is 1.63. The quantitative estimate of drug-likeness (QED) is 0.439. The SMILES string of the molecule is Cc1c([C@H](C)Nc2nc3ccccn3c2[N+](=O)[O-])oc2ccccc12. The molecule has 7 nitrogen and oxygen atoms in total. The second kappa shape index (κ2) is 5.62. The summed E-state index contributed by atoms with van der Waals surface area (Å²) >= 11 is 0. The molecule has 25 heavy (non-hydrogen) atoms. The summed E-state index contributed by atoms with van der Waals surface area (Å²) < 4.78 is 7.40. The molecule has 1 aromatic carbocycles. The summed E-state index contributed by atoms with van der Waals surface area (Å²) in [5.41, 5.74) is 2.33. The highest BCUT2D eigenvalue weighted by atomic mass is 16.6. The van der Waals surface area contributed by atoms with Gasteiger partial charge >= 0.3 is 5.82 Å². The first-order chi connectivity index (χ1) is 12.1. The van der Waals surface area contributed by atoms with Crippen LogP contribution in [-0.2, 0) is 0 Å². The second-order valence-electron chi connectivity index (χ2n) is 5.92. The molecule has 1 N–H and O–H groups in total. The number of imidazole rings is 1. The molecule has 3 heterocycles. The van der Waals surface area contributed by atoms with E-state index in [4.69, 9.17) is 4.42 Å². The monoisotopic (exact) mass is 336 g/mol. The Bertz CT molecular complexity index is 1100. The van der Waals surface area contributed by atoms with Gasteiger partial charge in [0.15, 0.2) is 0 Å². The molecular weight excluding hydrogens is 320 g/mol. The number of nitrogens with zero attached hydrogens (tertiary/aromatic N) is 3. The van der Waals surface area contributed by atoms with E-state index in [0.717, 1.165) is 22.3 Å². The Morgan fingerprint density at radius 3 is 2.76 bits per heavy atom. The van der Waals surface area contributed by atoms with Crippen LogP contribution in [0.2, 0.25) is 0 Å². The van der Waals surface area contributed by atoms with Crippen molar-refractivity contribution in [3.05, 3.63) is 70.1 Å². The summed E-state index contributed by atoms with van der Waals surface area (Å²) in [6.45, 7) is 3.88. The Labute approximate surface area is 143 Å². The van der Waals surface area contributed by atoms with E-state index < -0.39 is 4.92 Å². The number of aryl methyl sites for hydroxylation is 1. The predicted octanol–water partition coefficient (Wildman–Crippen LogP) is 4.47. The lowest BCUT2D eigenvalue weighted by atomic mass is 10.1. The molecule has 0 aliphatic heterocycles. The van der Waals surface area contributed by atoms with Crippen molar-refractivity contribution in [1.82, 2.24) is 9.38 Å². The maximum Gasteiger partial charge on any atom is 0.372 e. The topological polar surface area (TPSA) is 85.6 Å². The van der Waals surface area contributed by atoms with Gasteiger partial charge in [-0.15, -0.1) is 0 Å². The third kappa shape index (κ3) is 2.40. The molecule has 0 amide bonds. The number of benzene rings is 1. The van der Waals surface area contributed by atoms with Crippen LogP contribution >= 0.6 is 0 Å². The van der Waals surface area contributed by atoms with Crippen molar-refractivity contribution in [1.29, 1.82) is 0 Å². The Morgan fingerprint density at radius 2 is 2.00 bits per heavy atom. The normalized spacial score (nSPS) is 12.6. The van der Waals surface area contributed by atoms with Gasteiger partial charge in [0, 0.05) is 17.0 Å². The lowest BCUT2D eigenvalue weighted by Gasteiger charge is -2.11. The molecule has 1 atom stereocenters. The zero-order valence-corrected chi connectivity index (χ0v) is 13.8. The zero-order chi connectivity index (χ0) is 17.6. The summed E-state index contributed by atoms with van der Waals surface area (Å²) in [5, 5.41) is 15.7. The van der Waals surface area contributed by atoms with Crippen LogP contribution in [0.4, 0.5) is 11.6 Å². The molecule has 4 rings (SSSR count). The molecule has 0 bridgehead atoms. The molecule has 0 aliphatic carbocycles. The number of pyridine rings is 1. The van der Waals surface area contributed by atoms with Crippen LogP contribution in [0.15, 0.2) is 53.1 Å². The average molecular weight is 336 g/mol. The smallest absolute Gasteiger partial charge is 0.372 e. The lowest BCUT2D eigenvalue weighted by Crippen LogP contribution is -2.09. The summed E-state index contributed by atoms with van der Waals surface area (Å²) in [6, 6.07) is 12.8. The molecule has 3 aromatic heterocycles. The van der Waals surface area contributed by atoms with Gasteiger partial charge in [0.1, 0.15) is 11.3 Å². The average Bonchev–Trinajstić information content (AvgIpc) is 3.13. The summed E-state index contributed by atoms with van der Waals surface area (Å²) in [7, 11) is 0. The first kappa shape index (κ1) is 15.2. The molecule has 0 saturated carbocycles. The van der Waals surface area contributed by atoms with Crippen molar-refractivity contribution in [2.75, 3.05) is 5.32 Å². The summed E-state index contributed by atoms with van der Waals surface area (Å²) in [4.78, 5) is 15.4. The van der Waals surface area contributed by atoms with Gasteiger partial charge < -0.3 is 19.8 Å². The van der Waals surface area contributed by atoms with Crippen LogP contribution in [0.25, 0.3) is 16.6 Å². The fourth-order valence-corrected chi connectivity index (χ4v) is 3.13. The number of nitro groups is 1. The Hall–Kier alpha value is -3.35. The number of rotatable bonds is 4. The molecule has 126 valence electrons. The second-order valence-corrected chi connectivity index (χ2v) is 5.92. The Morgan fingerprint density at radius 1 is 1.24 bits per heavy atom. The van der Waals surface area contributed by atoms with Gasteiger partial charge in [0.25, 0.3) is 0 Å². The number of fused-ring (bicyclic) bond motifs is 2. The maximum absolute atomic E-state index is 11.5. The van der Waals surface area contributed by atoms with Crippen LogP contribution in [0.1, 0.15) is 24.3 Å². The fraction of sp³-hybridized carbons (Fsp3) is 0.167. The van der Waals surface area contributed by atoms with E-state index in [2.05, 4.69) is 10.3 Å². The van der Waals surface area contributed by atoms with E-state index in [1.807, 2.05) is 38.1 Å². The van der Waals surface area contributed by atoms with Gasteiger partial charge in [0.2, 0.25) is 11.5 Å². The van der Waals surface area contributed by atoms with E-state index in [1.165, 1.54) is 4.40 Å². The van der Waals surface area contributed by atoms with Crippen LogP contribution in [0.3, 0.4) is 0 Å². The Balaban J connectivity index is 1.76. The van der Waals surface area contributed by atoms with Gasteiger partial charge in [-0.2, -0.15) is 9.38 Å². The van der Waals surface area contributed by atoms with Crippen LogP contribution in [0, 0.1) is 17.0 Å². The van der Waals surface area contributed by atoms with E-state index in [9.17, 15) is 10.1 Å². The van der Waals surface area contributed by atoms with Crippen LogP contribution in [-0.4, -0.2) is 14.3 Å². The lowest BCUT2D eigenvalue weighted by molar-refractivity contribution is -0.389. The number of hydrogen-bond acceptors (Lipinski definition) is 5. The first-order valence-electron chi connectivity index (χ1n) is 7.92. The third-order valence-electron chi connectivity index (χ3n) is 4.30. The fourth-order valence-electron chi connectivity index (χ4n) is 3.13.